The van der Waals surface area contributed by atoms with Crippen molar-refractivity contribution < 1.29 is 5.11 Å². The molecule has 0 fully saturated rings. The summed E-state index contributed by atoms with van der Waals surface area (Å²) in [5.41, 5.74) is 3.09. The van der Waals surface area contributed by atoms with E-state index in [0.29, 0.717) is 17.2 Å². The first-order valence-electron chi connectivity index (χ1n) is 6.41. The number of pyridine rings is 1. The smallest absolute Gasteiger partial charge is 0.182 e. The molecule has 0 amide bonds. The summed E-state index contributed by atoms with van der Waals surface area (Å²) in [6, 6.07) is 9.13. The van der Waals surface area contributed by atoms with E-state index in [1.165, 1.54) is 0 Å². The Morgan fingerprint density at radius 2 is 2.00 bits per heavy atom. The van der Waals surface area contributed by atoms with E-state index < -0.39 is 0 Å². The van der Waals surface area contributed by atoms with Crippen LogP contribution in [0.5, 0.6) is 5.75 Å². The molecule has 0 atom stereocenters. The molecule has 2 aromatic heterocycles. The molecule has 1 aromatic carbocycles. The standard InChI is InChI=1S/C15H13BrN4O/c1-9-5-6-11(8-12(9)16)18-19-14-10(2)17-15-13(21)4-3-7-20(14)15/h3-8,21H,1-2H3. The fourth-order valence-electron chi connectivity index (χ4n) is 2.02. The number of halogens is 1. The maximum Gasteiger partial charge on any atom is 0.182 e. The highest BCUT2D eigenvalue weighted by molar-refractivity contribution is 9.10. The number of azo groups is 1. The van der Waals surface area contributed by atoms with Crippen LogP contribution >= 0.6 is 15.9 Å². The van der Waals surface area contributed by atoms with Crippen molar-refractivity contribution in [1.82, 2.24) is 9.38 Å². The summed E-state index contributed by atoms with van der Waals surface area (Å²) in [6.07, 6.45) is 1.80. The fraction of sp³-hybridized carbons (Fsp3) is 0.133. The van der Waals surface area contributed by atoms with E-state index in [1.807, 2.05) is 32.0 Å². The van der Waals surface area contributed by atoms with Crippen LogP contribution in [-0.4, -0.2) is 14.5 Å². The van der Waals surface area contributed by atoms with Gasteiger partial charge in [-0.1, -0.05) is 22.0 Å². The zero-order valence-electron chi connectivity index (χ0n) is 11.6. The maximum atomic E-state index is 9.80. The van der Waals surface area contributed by atoms with E-state index in [4.69, 9.17) is 0 Å². The number of benzene rings is 1. The lowest BCUT2D eigenvalue weighted by molar-refractivity contribution is 0.477. The van der Waals surface area contributed by atoms with E-state index in [0.717, 1.165) is 15.7 Å². The van der Waals surface area contributed by atoms with Crippen molar-refractivity contribution in [3.05, 3.63) is 52.3 Å². The summed E-state index contributed by atoms with van der Waals surface area (Å²) >= 11 is 3.48. The minimum absolute atomic E-state index is 0.125. The summed E-state index contributed by atoms with van der Waals surface area (Å²) in [4.78, 5) is 4.31. The summed E-state index contributed by atoms with van der Waals surface area (Å²) in [5, 5.41) is 18.3. The van der Waals surface area contributed by atoms with Crippen molar-refractivity contribution in [3.63, 3.8) is 0 Å². The molecular formula is C15H13BrN4O. The molecule has 0 radical (unpaired) electrons. The molecule has 0 saturated carbocycles. The van der Waals surface area contributed by atoms with Gasteiger partial charge in [0.25, 0.3) is 0 Å². The molecule has 5 nitrogen and oxygen atoms in total. The Labute approximate surface area is 130 Å². The van der Waals surface area contributed by atoms with Gasteiger partial charge in [-0.05, 0) is 43.7 Å². The molecule has 0 bridgehead atoms. The van der Waals surface area contributed by atoms with Gasteiger partial charge in [0.15, 0.2) is 17.2 Å². The molecule has 0 saturated heterocycles. The van der Waals surface area contributed by atoms with E-state index >= 15 is 0 Å². The highest BCUT2D eigenvalue weighted by atomic mass is 79.9. The number of nitrogens with zero attached hydrogens (tertiary/aromatic N) is 4. The van der Waals surface area contributed by atoms with Crippen LogP contribution in [-0.2, 0) is 0 Å². The van der Waals surface area contributed by atoms with Crippen LogP contribution in [0.25, 0.3) is 5.65 Å². The first kappa shape index (κ1) is 13.8. The van der Waals surface area contributed by atoms with Crippen LogP contribution in [0.1, 0.15) is 11.3 Å². The quantitative estimate of drug-likeness (QED) is 0.676. The molecule has 0 aliphatic rings. The number of aromatic hydroxyl groups is 1. The third kappa shape index (κ3) is 2.54. The van der Waals surface area contributed by atoms with Gasteiger partial charge in [-0.25, -0.2) is 4.98 Å². The van der Waals surface area contributed by atoms with Crippen molar-refractivity contribution in [2.75, 3.05) is 0 Å². The van der Waals surface area contributed by atoms with Crippen molar-refractivity contribution in [3.8, 4) is 5.75 Å². The average molecular weight is 345 g/mol. The number of fused-ring (bicyclic) bond motifs is 1. The third-order valence-corrected chi connectivity index (χ3v) is 4.04. The Morgan fingerprint density at radius 3 is 2.76 bits per heavy atom. The monoisotopic (exact) mass is 344 g/mol. The first-order chi connectivity index (χ1) is 10.1. The Morgan fingerprint density at radius 1 is 1.19 bits per heavy atom. The van der Waals surface area contributed by atoms with Crippen LogP contribution in [0.2, 0.25) is 0 Å². The maximum absolute atomic E-state index is 9.80. The van der Waals surface area contributed by atoms with Gasteiger partial charge in [0.2, 0.25) is 0 Å². The minimum atomic E-state index is 0.125. The second-order valence-electron chi connectivity index (χ2n) is 4.74. The van der Waals surface area contributed by atoms with E-state index in [2.05, 4.69) is 31.1 Å². The number of hydrogen-bond acceptors (Lipinski definition) is 4. The van der Waals surface area contributed by atoms with Crippen molar-refractivity contribution in [2.45, 2.75) is 13.8 Å². The molecule has 0 aliphatic heterocycles. The zero-order valence-corrected chi connectivity index (χ0v) is 13.2. The normalized spacial score (nSPS) is 11.6. The van der Waals surface area contributed by atoms with Gasteiger partial charge in [-0.2, -0.15) is 0 Å². The van der Waals surface area contributed by atoms with E-state index in [9.17, 15) is 5.11 Å². The van der Waals surface area contributed by atoms with Gasteiger partial charge >= 0.3 is 0 Å². The lowest BCUT2D eigenvalue weighted by Crippen LogP contribution is -1.82. The van der Waals surface area contributed by atoms with Gasteiger partial charge in [-0.3, -0.25) is 4.40 Å². The molecule has 6 heteroatoms. The van der Waals surface area contributed by atoms with Gasteiger partial charge in [-0.15, -0.1) is 10.2 Å². The molecule has 1 N–H and O–H groups in total. The minimum Gasteiger partial charge on any atom is -0.504 e. The largest absolute Gasteiger partial charge is 0.504 e. The van der Waals surface area contributed by atoms with Gasteiger partial charge in [0.05, 0.1) is 11.4 Å². The molecule has 2 heterocycles. The number of aromatic nitrogens is 2. The van der Waals surface area contributed by atoms with Crippen LogP contribution in [0.3, 0.4) is 0 Å². The second-order valence-corrected chi connectivity index (χ2v) is 5.60. The van der Waals surface area contributed by atoms with Crippen molar-refractivity contribution in [1.29, 1.82) is 0 Å². The molecule has 0 aliphatic carbocycles. The molecule has 0 unspecified atom stereocenters. The Balaban J connectivity index is 2.05. The summed E-state index contributed by atoms with van der Waals surface area (Å²) in [7, 11) is 0. The summed E-state index contributed by atoms with van der Waals surface area (Å²) in [5.74, 6) is 0.734. The Kier molecular flexibility index (Phi) is 3.47. The predicted octanol–water partition coefficient (Wildman–Crippen LogP) is 4.83. The third-order valence-electron chi connectivity index (χ3n) is 3.19. The van der Waals surface area contributed by atoms with Gasteiger partial charge in [0.1, 0.15) is 0 Å². The lowest BCUT2D eigenvalue weighted by Gasteiger charge is -1.99. The van der Waals surface area contributed by atoms with Gasteiger partial charge in [0, 0.05) is 10.7 Å². The molecule has 3 aromatic rings. The highest BCUT2D eigenvalue weighted by Crippen LogP contribution is 2.28. The molecule has 0 spiro atoms. The van der Waals surface area contributed by atoms with Crippen LogP contribution in [0.4, 0.5) is 11.5 Å². The van der Waals surface area contributed by atoms with Crippen LogP contribution in [0, 0.1) is 13.8 Å². The van der Waals surface area contributed by atoms with Crippen LogP contribution < -0.4 is 0 Å². The Hall–Kier alpha value is -2.21. The Bertz CT molecular complexity index is 854. The molecule has 21 heavy (non-hydrogen) atoms. The summed E-state index contributed by atoms with van der Waals surface area (Å²) < 4.78 is 2.71. The van der Waals surface area contributed by atoms with E-state index in [-0.39, 0.29) is 5.75 Å². The number of aryl methyl sites for hydroxylation is 2. The SMILES string of the molecule is Cc1ccc(N=Nc2c(C)nc3c(O)cccn23)cc1Br. The topological polar surface area (TPSA) is 62.2 Å². The van der Waals surface area contributed by atoms with E-state index in [1.54, 1.807) is 22.7 Å². The van der Waals surface area contributed by atoms with Crippen molar-refractivity contribution >= 4 is 33.1 Å². The predicted molar refractivity (Wildman–Crippen MR) is 84.6 cm³/mol. The number of rotatable bonds is 2. The number of hydrogen-bond donors (Lipinski definition) is 1. The molecule has 106 valence electrons. The number of imidazole rings is 1. The fourth-order valence-corrected chi connectivity index (χ4v) is 2.39. The average Bonchev–Trinajstić information content (AvgIpc) is 2.78. The first-order valence-corrected chi connectivity index (χ1v) is 7.20. The molecule has 3 rings (SSSR count). The van der Waals surface area contributed by atoms with Crippen molar-refractivity contribution in [2.24, 2.45) is 10.2 Å². The second kappa shape index (κ2) is 5.29. The summed E-state index contributed by atoms with van der Waals surface area (Å²) in [6.45, 7) is 3.86. The molecular weight excluding hydrogens is 332 g/mol. The van der Waals surface area contributed by atoms with Gasteiger partial charge < -0.3 is 5.11 Å². The lowest BCUT2D eigenvalue weighted by atomic mass is 10.2. The highest BCUT2D eigenvalue weighted by Gasteiger charge is 2.10. The zero-order chi connectivity index (χ0) is 15.0. The van der Waals surface area contributed by atoms with Crippen LogP contribution in [0.15, 0.2) is 51.2 Å².